The third-order valence-corrected chi connectivity index (χ3v) is 11.1. The molecule has 0 spiro atoms. The van der Waals surface area contributed by atoms with Gasteiger partial charge in [-0.05, 0) is 133 Å². The van der Waals surface area contributed by atoms with Gasteiger partial charge >= 0.3 is 146 Å². The van der Waals surface area contributed by atoms with E-state index in [1.54, 1.807) is 19.9 Å². The van der Waals surface area contributed by atoms with E-state index >= 15 is 0 Å². The van der Waals surface area contributed by atoms with E-state index in [9.17, 15) is 46.2 Å². The second kappa shape index (κ2) is 49.9. The largest absolute Gasteiger partial charge is 1.00 e. The SMILES string of the molecule is C.C=C(C)CCl.C=C(C)COc1cc(C(=O)OC)ccc1F.C=C(C)Cc1c(C(=O)OC)ccc(F)c1O.CC1(C)Cc2c(CO)ccc(F)c2O1.COC(=O)c1ccc(F)c(O)c1.COC(=O)c1ccc(F)c2c1CC(C)(C)O2.O=CO.O=CO[O-].[AlH3].[H-].[H-].[K+].[K+].[Li+]. The number of benzene rings is 5. The fourth-order valence-corrected chi connectivity index (χ4v) is 6.96. The van der Waals surface area contributed by atoms with Crippen molar-refractivity contribution in [2.24, 2.45) is 0 Å². The van der Waals surface area contributed by atoms with Crippen LogP contribution in [0.3, 0.4) is 0 Å². The van der Waals surface area contributed by atoms with Gasteiger partial charge in [-0.3, -0.25) is 9.59 Å². The first kappa shape index (κ1) is 97.5. The third kappa shape index (κ3) is 34.9. The zero-order valence-corrected chi connectivity index (χ0v) is 59.1. The van der Waals surface area contributed by atoms with E-state index in [2.05, 4.69) is 43.6 Å². The number of aromatic hydroxyl groups is 2. The molecule has 2 heterocycles. The number of carbonyl (C=O) groups excluding carboxylic acids is 5. The number of fused-ring (bicyclic) bond motifs is 2. The Morgan fingerprint density at radius 2 is 1.03 bits per heavy atom. The van der Waals surface area contributed by atoms with Crippen molar-refractivity contribution in [3.8, 4) is 28.7 Å². The van der Waals surface area contributed by atoms with E-state index in [0.29, 0.717) is 41.2 Å². The van der Waals surface area contributed by atoms with Crippen LogP contribution in [-0.2, 0) is 59.3 Å². The fourth-order valence-electron chi connectivity index (χ4n) is 6.96. The summed E-state index contributed by atoms with van der Waals surface area (Å²) in [4.78, 5) is 64.5. The molecule has 0 radical (unpaired) electrons. The molecule has 4 N–H and O–H groups in total. The monoisotopic (exact) mass is 1370 g/mol. The Bertz CT molecular complexity index is 3190. The Morgan fingerprint density at radius 1 is 0.648 bits per heavy atom. The second-order valence-electron chi connectivity index (χ2n) is 19.1. The number of carbonyl (C=O) groups is 6. The summed E-state index contributed by atoms with van der Waals surface area (Å²) in [7, 11) is 5.01. The maximum absolute atomic E-state index is 13.5. The summed E-state index contributed by atoms with van der Waals surface area (Å²) < 4.78 is 99.9. The number of rotatable bonds is 12. The number of hydrogen-bond acceptors (Lipinski definition) is 18. The molecule has 0 amide bonds. The predicted octanol–water partition coefficient (Wildman–Crippen LogP) is 1.30. The van der Waals surface area contributed by atoms with Gasteiger partial charge in [-0.15, -0.1) is 11.6 Å². The molecule has 2 aliphatic heterocycles. The maximum atomic E-state index is 13.5. The van der Waals surface area contributed by atoms with Crippen LogP contribution in [0.25, 0.3) is 0 Å². The Labute approximate surface area is 642 Å². The first-order chi connectivity index (χ1) is 40.2. The quantitative estimate of drug-likeness (QED) is 0.0158. The third-order valence-electron chi connectivity index (χ3n) is 10.6. The second-order valence-corrected chi connectivity index (χ2v) is 19.4. The number of alkyl halides is 1. The molecule has 7 rings (SSSR count). The van der Waals surface area contributed by atoms with Gasteiger partial charge in [0.1, 0.15) is 17.8 Å². The number of phenolic OH excluding ortho intramolecular Hbond substituents is 2. The minimum absolute atomic E-state index is 0. The smallest absolute Gasteiger partial charge is 1.00 e. The van der Waals surface area contributed by atoms with Crippen molar-refractivity contribution in [2.75, 3.05) is 40.9 Å². The number of aliphatic hydroxyl groups excluding tert-OH is 1. The van der Waals surface area contributed by atoms with Crippen LogP contribution in [0, 0.1) is 29.1 Å². The van der Waals surface area contributed by atoms with Crippen molar-refractivity contribution in [3.63, 3.8) is 0 Å². The summed E-state index contributed by atoms with van der Waals surface area (Å²) in [6.07, 6.45) is 1.38. The topological polar surface area (TPSA) is 280 Å². The van der Waals surface area contributed by atoms with Crippen molar-refractivity contribution in [2.45, 2.75) is 93.0 Å². The molecule has 91 heavy (non-hydrogen) atoms. The Morgan fingerprint density at radius 3 is 1.44 bits per heavy atom. The van der Waals surface area contributed by atoms with E-state index in [1.165, 1.54) is 77.0 Å². The Balaban J connectivity index is -0.000000152. The predicted molar refractivity (Wildman–Crippen MR) is 323 cm³/mol. The minimum atomic E-state index is -0.761. The van der Waals surface area contributed by atoms with Gasteiger partial charge in [0.2, 0.25) is 0 Å². The van der Waals surface area contributed by atoms with Crippen LogP contribution in [0.2, 0.25) is 0 Å². The summed E-state index contributed by atoms with van der Waals surface area (Å²) >= 11 is 5.24. The number of methoxy groups -OCH3 is 4. The minimum Gasteiger partial charge on any atom is -1.00 e. The van der Waals surface area contributed by atoms with Crippen LogP contribution in [0.5, 0.6) is 28.7 Å². The summed E-state index contributed by atoms with van der Waals surface area (Å²) in [5, 5.41) is 42.8. The van der Waals surface area contributed by atoms with Gasteiger partial charge in [-0.1, -0.05) is 44.4 Å². The Hall–Kier alpha value is -4.60. The molecule has 0 aliphatic carbocycles. The summed E-state index contributed by atoms with van der Waals surface area (Å²) in [6, 6.07) is 15.0. The average molecular weight is 1370 g/mol. The molecule has 0 saturated heterocycles. The molecule has 5 aromatic rings. The summed E-state index contributed by atoms with van der Waals surface area (Å²) in [5.74, 6) is -5.02. The normalized spacial score (nSPS) is 11.1. The fraction of sp³-hybridized carbons (Fsp3) is 0.323. The molecule has 0 bridgehead atoms. The van der Waals surface area contributed by atoms with Crippen LogP contribution in [0.4, 0.5) is 22.0 Å². The Kier molecular flexibility index (Phi) is 53.5. The molecule has 0 aromatic heterocycles. The zero-order valence-electron chi connectivity index (χ0n) is 54.1. The number of halogens is 6. The van der Waals surface area contributed by atoms with Crippen molar-refractivity contribution in [1.82, 2.24) is 0 Å². The van der Waals surface area contributed by atoms with Crippen LogP contribution in [0.1, 0.15) is 122 Å². The molecule has 0 fully saturated rings. The first-order valence-corrected chi connectivity index (χ1v) is 25.4. The zero-order chi connectivity index (χ0) is 66.2. The number of esters is 4. The number of ether oxygens (including phenoxy) is 7. The average Bonchev–Trinajstić information content (AvgIpc) is 1.67. The molecule has 5 aromatic carbocycles. The molecule has 19 nitrogen and oxygen atoms in total. The van der Waals surface area contributed by atoms with Crippen LogP contribution >= 0.6 is 11.6 Å². The summed E-state index contributed by atoms with van der Waals surface area (Å²) in [5.41, 5.74) is 4.93. The van der Waals surface area contributed by atoms with Gasteiger partial charge in [0.15, 0.2) is 75.2 Å². The van der Waals surface area contributed by atoms with Gasteiger partial charge in [-0.25, -0.2) is 41.1 Å². The molecular formula is C62H78AlClF5K2LiO19. The molecule has 29 heteroatoms. The van der Waals surface area contributed by atoms with Crippen LogP contribution < -0.4 is 141 Å². The van der Waals surface area contributed by atoms with E-state index in [0.717, 1.165) is 40.5 Å². The maximum Gasteiger partial charge on any atom is 1.00 e. The number of phenols is 2. The van der Waals surface area contributed by atoms with Gasteiger partial charge < -0.3 is 66.6 Å². The molecule has 488 valence electrons. The number of hydrogen-bond donors (Lipinski definition) is 4. The molecule has 0 unspecified atom stereocenters. The van der Waals surface area contributed by atoms with Gasteiger partial charge in [-0.2, -0.15) is 0 Å². The molecular weight excluding hydrogens is 1290 g/mol. The van der Waals surface area contributed by atoms with Gasteiger partial charge in [0.05, 0.1) is 57.3 Å². The van der Waals surface area contributed by atoms with Crippen molar-refractivity contribution >= 4 is 65.8 Å². The number of allylic oxidation sites excluding steroid dienone is 2. The van der Waals surface area contributed by atoms with E-state index in [-0.39, 0.29) is 227 Å². The van der Waals surface area contributed by atoms with Gasteiger partial charge in [0, 0.05) is 35.4 Å². The molecule has 2 aliphatic rings. The summed E-state index contributed by atoms with van der Waals surface area (Å²) in [6.45, 7) is 23.5. The standard InChI is InChI=1S/3C12H13FO3.C11H13FO2.C8H7FO3.C4H7Cl.CH2O3.CH2O2.CH4.Al.2K.Li.5H/c1-12(2)6-8-7(11(14)15-3)4-5-9(13)10(8)16-12;1-8(2)7-16-11-6-9(12(14)15-3)4-5-10(11)13;1-7(2)6-9-8(12(15)16-3)4-5-10(13)11(9)14;1-11(2)5-8-7(6-13)3-4-9(12)10(8)14-11;1-12-8(11)5-2-3-6(9)7(10)4-5;1-4(2)3-5;2-1-4-3;2-1-3;;;;;;;;;;/h4-5H,6H2,1-3H3;4-6H,1,7H2,2-3H3;4-5,14H,1,6H2,2-3H3;3-4,13H,5-6H2,1-2H3;2-4,10H,1H3;1,3H2,2H3;1,3H;1H,(H,2,3);1H4;;;;;;;;;/q;;;;;;;;;;3*+1;;;;2*-1/p-1. The van der Waals surface area contributed by atoms with E-state index < -0.39 is 64.2 Å². The van der Waals surface area contributed by atoms with Gasteiger partial charge in [0.25, 0.3) is 12.9 Å². The van der Waals surface area contributed by atoms with Crippen molar-refractivity contribution < 1.29 is 239 Å². The first-order valence-electron chi connectivity index (χ1n) is 24.9. The van der Waals surface area contributed by atoms with Crippen LogP contribution in [0.15, 0.2) is 109 Å². The molecule has 0 saturated carbocycles. The van der Waals surface area contributed by atoms with Crippen molar-refractivity contribution in [3.05, 3.63) is 183 Å². The van der Waals surface area contributed by atoms with Crippen LogP contribution in [-0.4, -0.2) is 127 Å². The van der Waals surface area contributed by atoms with E-state index in [1.807, 2.05) is 34.6 Å². The number of carboxylic acid groups (broad SMARTS) is 1. The van der Waals surface area contributed by atoms with E-state index in [4.69, 9.17) is 56.0 Å². The molecule has 0 atom stereocenters. The van der Waals surface area contributed by atoms with Crippen molar-refractivity contribution in [1.29, 1.82) is 0 Å². The number of aliphatic hydroxyl groups is 1.